The Kier molecular flexibility index (Phi) is 7.37. The van der Waals surface area contributed by atoms with Crippen molar-refractivity contribution in [1.29, 1.82) is 0 Å². The number of ether oxygens (including phenoxy) is 2. The number of carbonyl (C=O) groups excluding carboxylic acids is 4. The Labute approximate surface area is 194 Å². The summed E-state index contributed by atoms with van der Waals surface area (Å²) < 4.78 is 9.41. The van der Waals surface area contributed by atoms with E-state index in [0.29, 0.717) is 24.4 Å². The minimum atomic E-state index is -0.763. The lowest BCUT2D eigenvalue weighted by atomic mass is 10.1. The van der Waals surface area contributed by atoms with Crippen LogP contribution in [0.4, 0.5) is 5.69 Å². The van der Waals surface area contributed by atoms with Gasteiger partial charge in [-0.3, -0.25) is 9.59 Å². The first-order chi connectivity index (χ1) is 15.2. The zero-order valence-electron chi connectivity index (χ0n) is 17.3. The highest BCUT2D eigenvalue weighted by Gasteiger charge is 2.35. The number of halogens is 2. The Morgan fingerprint density at radius 3 is 2.19 bits per heavy atom. The van der Waals surface area contributed by atoms with Crippen LogP contribution in [0.2, 0.25) is 10.0 Å². The average Bonchev–Trinajstić information content (AvgIpc) is 3.29. The molecule has 168 valence electrons. The van der Waals surface area contributed by atoms with Crippen LogP contribution < -0.4 is 5.32 Å². The van der Waals surface area contributed by atoms with Crippen LogP contribution in [0, 0.1) is 0 Å². The highest BCUT2D eigenvalue weighted by molar-refractivity contribution is 6.35. The highest BCUT2D eigenvalue weighted by atomic mass is 35.5. The predicted molar refractivity (Wildman–Crippen MR) is 118 cm³/mol. The lowest BCUT2D eigenvalue weighted by Gasteiger charge is -2.24. The van der Waals surface area contributed by atoms with Crippen LogP contribution in [0.3, 0.4) is 0 Å². The van der Waals surface area contributed by atoms with Gasteiger partial charge in [0.05, 0.1) is 35.9 Å². The van der Waals surface area contributed by atoms with Crippen LogP contribution >= 0.6 is 23.2 Å². The van der Waals surface area contributed by atoms with Crippen LogP contribution in [0.5, 0.6) is 0 Å². The average molecular weight is 479 g/mol. The van der Waals surface area contributed by atoms with Crippen molar-refractivity contribution in [1.82, 2.24) is 4.90 Å². The number of rotatable bonds is 5. The topological polar surface area (TPSA) is 102 Å². The van der Waals surface area contributed by atoms with Gasteiger partial charge in [0.15, 0.2) is 0 Å². The molecular formula is C22H20Cl2N2O6. The molecule has 0 aliphatic carbocycles. The number of benzene rings is 2. The molecule has 0 aromatic heterocycles. The predicted octanol–water partition coefficient (Wildman–Crippen LogP) is 3.81. The molecule has 32 heavy (non-hydrogen) atoms. The second-order valence-corrected chi connectivity index (χ2v) is 7.90. The Morgan fingerprint density at radius 2 is 1.59 bits per heavy atom. The number of hydrogen-bond acceptors (Lipinski definition) is 6. The summed E-state index contributed by atoms with van der Waals surface area (Å²) in [5.41, 5.74) is 0.532. The third-order valence-electron chi connectivity index (χ3n) is 5.02. The third kappa shape index (κ3) is 5.03. The van der Waals surface area contributed by atoms with Crippen molar-refractivity contribution in [2.45, 2.75) is 18.9 Å². The molecule has 10 heteroatoms. The van der Waals surface area contributed by atoms with Gasteiger partial charge in [0.25, 0.3) is 5.91 Å². The number of nitrogens with zero attached hydrogens (tertiary/aromatic N) is 1. The van der Waals surface area contributed by atoms with E-state index in [4.69, 9.17) is 32.7 Å². The molecular weight excluding hydrogens is 459 g/mol. The Morgan fingerprint density at radius 1 is 0.969 bits per heavy atom. The molecule has 2 amide bonds. The van der Waals surface area contributed by atoms with Gasteiger partial charge in [0.1, 0.15) is 6.04 Å². The minimum Gasteiger partial charge on any atom is -0.465 e. The smallest absolute Gasteiger partial charge is 0.337 e. The van der Waals surface area contributed by atoms with E-state index in [2.05, 4.69) is 5.32 Å². The standard InChI is InChI=1S/C22H20Cl2N2O6/c1-31-21(29)12-8-13(22(30)32-2)10-15(9-12)25-19(27)18-4-3-7-26(18)20(28)16-11-14(23)5-6-17(16)24/h5-6,8-11,18H,3-4,7H2,1-2H3,(H,25,27). The van der Waals surface area contributed by atoms with Crippen LogP contribution in [-0.2, 0) is 14.3 Å². The zero-order valence-corrected chi connectivity index (χ0v) is 18.8. The Bertz CT molecular complexity index is 1050. The van der Waals surface area contributed by atoms with Crippen molar-refractivity contribution in [3.05, 3.63) is 63.1 Å². The fourth-order valence-corrected chi connectivity index (χ4v) is 3.87. The second-order valence-electron chi connectivity index (χ2n) is 7.05. The highest BCUT2D eigenvalue weighted by Crippen LogP contribution is 2.27. The third-order valence-corrected chi connectivity index (χ3v) is 5.58. The summed E-state index contributed by atoms with van der Waals surface area (Å²) in [6.07, 6.45) is 1.06. The Hall–Kier alpha value is -3.10. The van der Waals surface area contributed by atoms with Gasteiger partial charge in [-0.25, -0.2) is 9.59 Å². The molecule has 2 aromatic carbocycles. The number of anilines is 1. The number of hydrogen-bond donors (Lipinski definition) is 1. The van der Waals surface area contributed by atoms with Crippen LogP contribution in [0.15, 0.2) is 36.4 Å². The molecule has 1 heterocycles. The molecule has 0 spiro atoms. The van der Waals surface area contributed by atoms with Crippen molar-refractivity contribution in [3.63, 3.8) is 0 Å². The molecule has 3 rings (SSSR count). The first-order valence-electron chi connectivity index (χ1n) is 9.63. The van der Waals surface area contributed by atoms with Gasteiger partial charge in [-0.05, 0) is 49.2 Å². The van der Waals surface area contributed by atoms with E-state index in [1.54, 1.807) is 6.07 Å². The summed E-state index contributed by atoms with van der Waals surface area (Å²) in [5.74, 6) is -2.24. The lowest BCUT2D eigenvalue weighted by molar-refractivity contribution is -0.119. The quantitative estimate of drug-likeness (QED) is 0.655. The molecule has 0 saturated carbocycles. The van der Waals surface area contributed by atoms with E-state index in [0.717, 1.165) is 0 Å². The lowest BCUT2D eigenvalue weighted by Crippen LogP contribution is -2.43. The van der Waals surface area contributed by atoms with E-state index in [1.165, 1.54) is 49.5 Å². The molecule has 1 atom stereocenters. The van der Waals surface area contributed by atoms with Gasteiger partial charge in [0.2, 0.25) is 5.91 Å². The van der Waals surface area contributed by atoms with Crippen molar-refractivity contribution in [2.24, 2.45) is 0 Å². The molecule has 0 bridgehead atoms. The zero-order chi connectivity index (χ0) is 23.4. The van der Waals surface area contributed by atoms with E-state index in [-0.39, 0.29) is 27.4 Å². The summed E-state index contributed by atoms with van der Waals surface area (Å²) in [5, 5.41) is 3.27. The molecule has 1 aliphatic rings. The summed E-state index contributed by atoms with van der Waals surface area (Å²) >= 11 is 12.1. The van der Waals surface area contributed by atoms with E-state index < -0.39 is 29.8 Å². The first kappa shape index (κ1) is 23.6. The van der Waals surface area contributed by atoms with E-state index in [9.17, 15) is 19.2 Å². The van der Waals surface area contributed by atoms with E-state index in [1.807, 2.05) is 0 Å². The monoisotopic (exact) mass is 478 g/mol. The normalized spacial score (nSPS) is 15.2. The summed E-state index contributed by atoms with van der Waals surface area (Å²) in [6, 6.07) is 7.86. The fourth-order valence-electron chi connectivity index (χ4n) is 3.50. The number of amides is 2. The van der Waals surface area contributed by atoms with Gasteiger partial charge in [0, 0.05) is 17.3 Å². The van der Waals surface area contributed by atoms with Crippen molar-refractivity contribution in [3.8, 4) is 0 Å². The number of esters is 2. The minimum absolute atomic E-state index is 0.0655. The summed E-state index contributed by atoms with van der Waals surface area (Å²) in [7, 11) is 2.41. The molecule has 8 nitrogen and oxygen atoms in total. The van der Waals surface area contributed by atoms with Crippen LogP contribution in [0.25, 0.3) is 0 Å². The number of carbonyl (C=O) groups is 4. The van der Waals surface area contributed by atoms with Crippen LogP contribution in [0.1, 0.15) is 43.9 Å². The molecule has 1 fully saturated rings. The van der Waals surface area contributed by atoms with Crippen molar-refractivity contribution < 1.29 is 28.7 Å². The second kappa shape index (κ2) is 10.0. The maximum atomic E-state index is 13.0. The first-order valence-corrected chi connectivity index (χ1v) is 10.4. The van der Waals surface area contributed by atoms with Crippen LogP contribution in [-0.4, -0.2) is 55.5 Å². The summed E-state index contributed by atoms with van der Waals surface area (Å²) in [6.45, 7) is 0.370. The molecule has 1 aliphatic heterocycles. The number of likely N-dealkylation sites (tertiary alicyclic amines) is 1. The number of methoxy groups -OCH3 is 2. The van der Waals surface area contributed by atoms with Gasteiger partial charge >= 0.3 is 11.9 Å². The van der Waals surface area contributed by atoms with Gasteiger partial charge < -0.3 is 19.7 Å². The summed E-state index contributed by atoms with van der Waals surface area (Å²) in [4.78, 5) is 51.4. The van der Waals surface area contributed by atoms with Gasteiger partial charge in [-0.2, -0.15) is 0 Å². The van der Waals surface area contributed by atoms with Gasteiger partial charge in [-0.1, -0.05) is 23.2 Å². The largest absolute Gasteiger partial charge is 0.465 e. The Balaban J connectivity index is 1.85. The molecule has 0 radical (unpaired) electrons. The molecule has 1 N–H and O–H groups in total. The maximum Gasteiger partial charge on any atom is 0.337 e. The van der Waals surface area contributed by atoms with Gasteiger partial charge in [-0.15, -0.1) is 0 Å². The molecule has 1 unspecified atom stereocenters. The molecule has 1 saturated heterocycles. The van der Waals surface area contributed by atoms with Crippen molar-refractivity contribution >= 4 is 52.6 Å². The molecule has 2 aromatic rings. The van der Waals surface area contributed by atoms with E-state index >= 15 is 0 Å². The number of nitrogens with one attached hydrogen (secondary N) is 1. The SMILES string of the molecule is COC(=O)c1cc(NC(=O)C2CCCN2C(=O)c2cc(Cl)ccc2Cl)cc(C(=O)OC)c1. The fraction of sp³-hybridized carbons (Fsp3) is 0.273. The van der Waals surface area contributed by atoms with Crippen molar-refractivity contribution in [2.75, 3.05) is 26.1 Å². The maximum absolute atomic E-state index is 13.0.